The molecule has 2 N–H and O–H groups in total. The number of carbonyl (C=O) groups is 1. The van der Waals surface area contributed by atoms with Gasteiger partial charge in [0.05, 0.1) is 17.1 Å². The van der Waals surface area contributed by atoms with Crippen molar-refractivity contribution >= 4 is 29.0 Å². The van der Waals surface area contributed by atoms with E-state index in [4.69, 9.17) is 17.3 Å². The predicted molar refractivity (Wildman–Crippen MR) is 66.5 cm³/mol. The SMILES string of the molecule is CN(C)C(=O)c1ccccc1N=C(N)CCl. The summed E-state index contributed by atoms with van der Waals surface area (Å²) in [6, 6.07) is 7.03. The Morgan fingerprint density at radius 1 is 1.44 bits per heavy atom. The molecule has 0 saturated heterocycles. The number of benzene rings is 1. The van der Waals surface area contributed by atoms with Gasteiger partial charge in [0.15, 0.2) is 0 Å². The lowest BCUT2D eigenvalue weighted by Crippen LogP contribution is -2.22. The number of para-hydroxylation sites is 1. The van der Waals surface area contributed by atoms with Gasteiger partial charge >= 0.3 is 0 Å². The number of hydrogen-bond donors (Lipinski definition) is 1. The van der Waals surface area contributed by atoms with Crippen molar-refractivity contribution in [3.8, 4) is 0 Å². The number of amides is 1. The minimum absolute atomic E-state index is 0.110. The number of carbonyl (C=O) groups excluding carboxylic acids is 1. The molecule has 0 radical (unpaired) electrons. The quantitative estimate of drug-likeness (QED) is 0.495. The van der Waals surface area contributed by atoms with E-state index in [9.17, 15) is 4.79 Å². The molecule has 1 amide bonds. The van der Waals surface area contributed by atoms with E-state index in [1.54, 1.807) is 38.4 Å². The summed E-state index contributed by atoms with van der Waals surface area (Å²) in [5, 5.41) is 0. The van der Waals surface area contributed by atoms with Crippen molar-refractivity contribution in [3.63, 3.8) is 0 Å². The van der Waals surface area contributed by atoms with Crippen LogP contribution in [0.5, 0.6) is 0 Å². The summed E-state index contributed by atoms with van der Waals surface area (Å²) in [6.45, 7) is 0. The molecule has 0 unspecified atom stereocenters. The predicted octanol–water partition coefficient (Wildman–Crippen LogP) is 1.62. The highest BCUT2D eigenvalue weighted by Crippen LogP contribution is 2.19. The van der Waals surface area contributed by atoms with Gasteiger partial charge in [-0.3, -0.25) is 4.79 Å². The first kappa shape index (κ1) is 12.5. The normalized spacial score (nSPS) is 11.3. The van der Waals surface area contributed by atoms with E-state index >= 15 is 0 Å². The second-order valence-electron chi connectivity index (χ2n) is 3.45. The van der Waals surface area contributed by atoms with Crippen LogP contribution in [0.3, 0.4) is 0 Å². The third-order valence-corrected chi connectivity index (χ3v) is 2.22. The largest absolute Gasteiger partial charge is 0.386 e. The first-order valence-electron chi connectivity index (χ1n) is 4.76. The molecule has 0 aliphatic carbocycles. The first-order valence-corrected chi connectivity index (χ1v) is 5.29. The molecular weight excluding hydrogens is 226 g/mol. The van der Waals surface area contributed by atoms with Gasteiger partial charge in [-0.2, -0.15) is 0 Å². The molecule has 0 fully saturated rings. The van der Waals surface area contributed by atoms with Crippen LogP contribution in [0.15, 0.2) is 29.3 Å². The zero-order valence-corrected chi connectivity index (χ0v) is 10.0. The van der Waals surface area contributed by atoms with Crippen LogP contribution in [0, 0.1) is 0 Å². The zero-order valence-electron chi connectivity index (χ0n) is 9.27. The fourth-order valence-corrected chi connectivity index (χ4v) is 1.24. The summed E-state index contributed by atoms with van der Waals surface area (Å²) in [7, 11) is 3.38. The Morgan fingerprint density at radius 3 is 2.62 bits per heavy atom. The van der Waals surface area contributed by atoms with Crippen molar-refractivity contribution < 1.29 is 4.79 Å². The molecule has 86 valence electrons. The smallest absolute Gasteiger partial charge is 0.255 e. The van der Waals surface area contributed by atoms with Crippen molar-refractivity contribution in [1.29, 1.82) is 0 Å². The fourth-order valence-electron chi connectivity index (χ4n) is 1.18. The highest BCUT2D eigenvalue weighted by atomic mass is 35.5. The van der Waals surface area contributed by atoms with Crippen molar-refractivity contribution in [2.75, 3.05) is 20.0 Å². The van der Waals surface area contributed by atoms with E-state index in [1.807, 2.05) is 0 Å². The van der Waals surface area contributed by atoms with Gasteiger partial charge in [0.2, 0.25) is 0 Å². The molecule has 0 spiro atoms. The van der Waals surface area contributed by atoms with Crippen LogP contribution < -0.4 is 5.73 Å². The number of rotatable bonds is 3. The Hall–Kier alpha value is -1.55. The van der Waals surface area contributed by atoms with Crippen LogP contribution in [0.25, 0.3) is 0 Å². The number of halogens is 1. The number of nitrogens with two attached hydrogens (primary N) is 1. The lowest BCUT2D eigenvalue weighted by atomic mass is 10.1. The summed E-state index contributed by atoms with van der Waals surface area (Å²) < 4.78 is 0. The third-order valence-electron chi connectivity index (χ3n) is 1.94. The molecule has 0 aliphatic heterocycles. The molecule has 0 saturated carbocycles. The van der Waals surface area contributed by atoms with E-state index < -0.39 is 0 Å². The summed E-state index contributed by atoms with van der Waals surface area (Å²) in [5.74, 6) is 0.326. The van der Waals surface area contributed by atoms with Crippen LogP contribution in [-0.4, -0.2) is 36.6 Å². The first-order chi connectivity index (χ1) is 7.56. The summed E-state index contributed by atoms with van der Waals surface area (Å²) in [4.78, 5) is 17.4. The van der Waals surface area contributed by atoms with Gasteiger partial charge in [-0.05, 0) is 12.1 Å². The van der Waals surface area contributed by atoms with Gasteiger partial charge in [0.1, 0.15) is 5.84 Å². The molecule has 0 aromatic heterocycles. The van der Waals surface area contributed by atoms with Gasteiger partial charge in [-0.1, -0.05) is 12.1 Å². The van der Waals surface area contributed by atoms with Crippen LogP contribution in [0.1, 0.15) is 10.4 Å². The van der Waals surface area contributed by atoms with Crippen LogP contribution in [0.4, 0.5) is 5.69 Å². The highest BCUT2D eigenvalue weighted by Gasteiger charge is 2.12. The maximum absolute atomic E-state index is 11.8. The van der Waals surface area contributed by atoms with Crippen LogP contribution >= 0.6 is 11.6 Å². The molecule has 1 aromatic rings. The van der Waals surface area contributed by atoms with E-state index in [0.29, 0.717) is 17.1 Å². The molecule has 1 rings (SSSR count). The fraction of sp³-hybridized carbons (Fsp3) is 0.273. The van der Waals surface area contributed by atoms with E-state index in [1.165, 1.54) is 4.90 Å². The number of amidine groups is 1. The second-order valence-corrected chi connectivity index (χ2v) is 3.72. The van der Waals surface area contributed by atoms with E-state index in [2.05, 4.69) is 4.99 Å². The van der Waals surface area contributed by atoms with Gasteiger partial charge in [0, 0.05) is 14.1 Å². The molecular formula is C11H14ClN3O. The average molecular weight is 240 g/mol. The van der Waals surface area contributed by atoms with Gasteiger partial charge in [-0.15, -0.1) is 11.6 Å². The van der Waals surface area contributed by atoms with Crippen molar-refractivity contribution in [3.05, 3.63) is 29.8 Å². The Kier molecular flexibility index (Phi) is 4.31. The van der Waals surface area contributed by atoms with Gasteiger partial charge < -0.3 is 10.6 Å². The van der Waals surface area contributed by atoms with E-state index in [0.717, 1.165) is 0 Å². The monoisotopic (exact) mass is 239 g/mol. The molecule has 0 bridgehead atoms. The Balaban J connectivity index is 3.15. The standard InChI is InChI=1S/C11H14ClN3O/c1-15(2)11(16)8-5-3-4-6-9(8)14-10(13)7-12/h3-6H,7H2,1-2H3,(H2,13,14). The maximum atomic E-state index is 11.8. The third kappa shape index (κ3) is 2.97. The maximum Gasteiger partial charge on any atom is 0.255 e. The minimum atomic E-state index is -0.110. The van der Waals surface area contributed by atoms with Crippen molar-refractivity contribution in [2.45, 2.75) is 0 Å². The minimum Gasteiger partial charge on any atom is -0.386 e. The number of alkyl halides is 1. The summed E-state index contributed by atoms with van der Waals surface area (Å²) >= 11 is 5.55. The Morgan fingerprint density at radius 2 is 2.06 bits per heavy atom. The Labute approximate surface area is 99.7 Å². The number of nitrogens with zero attached hydrogens (tertiary/aromatic N) is 2. The van der Waals surface area contributed by atoms with Gasteiger partial charge in [0.25, 0.3) is 5.91 Å². The molecule has 16 heavy (non-hydrogen) atoms. The van der Waals surface area contributed by atoms with Crippen LogP contribution in [-0.2, 0) is 0 Å². The number of aliphatic imine (C=N–C) groups is 1. The average Bonchev–Trinajstić information content (AvgIpc) is 2.28. The van der Waals surface area contributed by atoms with Crippen LogP contribution in [0.2, 0.25) is 0 Å². The molecule has 5 heteroatoms. The topological polar surface area (TPSA) is 58.7 Å². The van der Waals surface area contributed by atoms with E-state index in [-0.39, 0.29) is 11.8 Å². The number of hydrogen-bond acceptors (Lipinski definition) is 2. The van der Waals surface area contributed by atoms with Crippen molar-refractivity contribution in [2.24, 2.45) is 10.7 Å². The molecule has 0 aliphatic rings. The van der Waals surface area contributed by atoms with Crippen molar-refractivity contribution in [1.82, 2.24) is 4.90 Å². The Bertz CT molecular complexity index is 415. The molecule has 4 nitrogen and oxygen atoms in total. The van der Waals surface area contributed by atoms with Gasteiger partial charge in [-0.25, -0.2) is 4.99 Å². The zero-order chi connectivity index (χ0) is 12.1. The lowest BCUT2D eigenvalue weighted by Gasteiger charge is -2.12. The molecule has 0 atom stereocenters. The molecule has 0 heterocycles. The second kappa shape index (κ2) is 5.51. The summed E-state index contributed by atoms with van der Waals surface area (Å²) in [5.41, 5.74) is 6.60. The summed E-state index contributed by atoms with van der Waals surface area (Å²) in [6.07, 6.45) is 0. The molecule has 1 aromatic carbocycles. The lowest BCUT2D eigenvalue weighted by molar-refractivity contribution is 0.0828. The highest BCUT2D eigenvalue weighted by molar-refractivity contribution is 6.28.